The van der Waals surface area contributed by atoms with Gasteiger partial charge in [0.2, 0.25) is 17.7 Å². The molecule has 1 aromatic carbocycles. The number of hydrogen-bond acceptors (Lipinski definition) is 5. The molecule has 2 N–H and O–H groups in total. The monoisotopic (exact) mass is 481 g/mol. The van der Waals surface area contributed by atoms with Gasteiger partial charge in [-0.1, -0.05) is 45.0 Å². The Morgan fingerprint density at radius 1 is 1.18 bits per heavy atom. The second-order valence-electron chi connectivity index (χ2n) is 10.0. The third-order valence-electron chi connectivity index (χ3n) is 6.52. The number of aryl methyl sites for hydroxylation is 1. The predicted molar refractivity (Wildman–Crippen MR) is 130 cm³/mol. The molecule has 1 aromatic heterocycles. The number of piperidine rings is 1. The molecule has 1 fully saturated rings. The molecule has 1 atom stereocenters. The highest BCUT2D eigenvalue weighted by atomic mass is 32.1. The van der Waals surface area contributed by atoms with Gasteiger partial charge >= 0.3 is 0 Å². The van der Waals surface area contributed by atoms with Crippen molar-refractivity contribution in [2.75, 3.05) is 0 Å². The van der Waals surface area contributed by atoms with Gasteiger partial charge in [-0.2, -0.15) is 0 Å². The number of carbonyl (C=O) groups excluding carboxylic acids is 4. The molecule has 1 saturated heterocycles. The number of thiophene rings is 1. The summed E-state index contributed by atoms with van der Waals surface area (Å²) in [5.41, 5.74) is 4.12. The second kappa shape index (κ2) is 9.70. The first kappa shape index (κ1) is 24.1. The fraction of sp³-hybridized carbons (Fsp3) is 0.462. The lowest BCUT2D eigenvalue weighted by Gasteiger charge is -2.29. The summed E-state index contributed by atoms with van der Waals surface area (Å²) in [4.78, 5) is 51.3. The number of nitrogens with zero attached hydrogens (tertiary/aromatic N) is 1. The van der Waals surface area contributed by atoms with E-state index in [9.17, 15) is 19.2 Å². The Morgan fingerprint density at radius 2 is 1.91 bits per heavy atom. The summed E-state index contributed by atoms with van der Waals surface area (Å²) in [6.45, 7) is 7.28. The molecule has 4 rings (SSSR count). The molecule has 0 bridgehead atoms. The largest absolute Gasteiger partial charge is 0.351 e. The van der Waals surface area contributed by atoms with Crippen molar-refractivity contribution in [2.24, 2.45) is 0 Å². The molecule has 0 saturated carbocycles. The van der Waals surface area contributed by atoms with Crippen molar-refractivity contribution < 1.29 is 19.2 Å². The van der Waals surface area contributed by atoms with E-state index >= 15 is 0 Å². The summed E-state index contributed by atoms with van der Waals surface area (Å²) in [5, 5.41) is 7.08. The molecule has 4 amide bonds. The Hall–Kier alpha value is -3.00. The minimum absolute atomic E-state index is 0.0141. The summed E-state index contributed by atoms with van der Waals surface area (Å²) in [6, 6.07) is 7.97. The normalized spacial score (nSPS) is 18.1. The topological polar surface area (TPSA) is 95.6 Å². The van der Waals surface area contributed by atoms with Crippen LogP contribution in [0.5, 0.6) is 0 Å². The van der Waals surface area contributed by atoms with Gasteiger partial charge in [0.25, 0.3) is 5.91 Å². The van der Waals surface area contributed by atoms with Crippen LogP contribution in [0.2, 0.25) is 0 Å². The van der Waals surface area contributed by atoms with Crippen LogP contribution in [0.1, 0.15) is 78.4 Å². The number of nitrogens with one attached hydrogen (secondary N) is 2. The molecule has 0 aliphatic carbocycles. The van der Waals surface area contributed by atoms with Crippen molar-refractivity contribution in [3.63, 3.8) is 0 Å². The van der Waals surface area contributed by atoms with Crippen LogP contribution in [0, 0.1) is 0 Å². The molecule has 2 aliphatic rings. The third-order valence-corrected chi connectivity index (χ3v) is 7.55. The van der Waals surface area contributed by atoms with E-state index in [0.717, 1.165) is 23.3 Å². The van der Waals surface area contributed by atoms with Crippen LogP contribution in [-0.2, 0) is 39.3 Å². The van der Waals surface area contributed by atoms with Gasteiger partial charge < -0.3 is 10.2 Å². The van der Waals surface area contributed by atoms with E-state index in [1.807, 2.05) is 0 Å². The molecule has 0 spiro atoms. The van der Waals surface area contributed by atoms with Crippen LogP contribution < -0.4 is 10.6 Å². The van der Waals surface area contributed by atoms with Crippen LogP contribution in [0.3, 0.4) is 0 Å². The molecule has 180 valence electrons. The zero-order valence-corrected chi connectivity index (χ0v) is 20.7. The minimum atomic E-state index is -0.623. The van der Waals surface area contributed by atoms with E-state index in [2.05, 4.69) is 55.7 Å². The molecule has 2 aromatic rings. The summed E-state index contributed by atoms with van der Waals surface area (Å²) in [5.74, 6) is -0.913. The third kappa shape index (κ3) is 5.22. The maximum atomic E-state index is 12.8. The van der Waals surface area contributed by atoms with Gasteiger partial charge in [0.1, 0.15) is 6.04 Å². The highest BCUT2D eigenvalue weighted by Crippen LogP contribution is 2.33. The fourth-order valence-electron chi connectivity index (χ4n) is 4.44. The van der Waals surface area contributed by atoms with Gasteiger partial charge in [-0.25, -0.2) is 0 Å². The Bertz CT molecular complexity index is 1110. The Balaban J connectivity index is 1.26. The van der Waals surface area contributed by atoms with E-state index in [0.29, 0.717) is 31.5 Å². The van der Waals surface area contributed by atoms with Crippen LogP contribution in [-0.4, -0.2) is 34.6 Å². The highest BCUT2D eigenvalue weighted by molar-refractivity contribution is 7.10. The first-order valence-corrected chi connectivity index (χ1v) is 12.6. The number of fused-ring (bicyclic) bond motifs is 1. The highest BCUT2D eigenvalue weighted by Gasteiger charge is 2.40. The number of hydrogen-bond donors (Lipinski definition) is 2. The van der Waals surface area contributed by atoms with Gasteiger partial charge in [0.15, 0.2) is 0 Å². The van der Waals surface area contributed by atoms with E-state index < -0.39 is 11.9 Å². The SMILES string of the molecule is CC(C)(C)c1ccc(CCCC(=O)NCc2scc3c2CN(C2CCC(=O)NC2=O)C3=O)cc1. The molecule has 7 nitrogen and oxygen atoms in total. The van der Waals surface area contributed by atoms with Crippen molar-refractivity contribution in [3.05, 3.63) is 56.8 Å². The number of imide groups is 1. The van der Waals surface area contributed by atoms with Crippen molar-refractivity contribution in [2.45, 2.75) is 77.4 Å². The van der Waals surface area contributed by atoms with Crippen LogP contribution >= 0.6 is 11.3 Å². The molecular weight excluding hydrogens is 450 g/mol. The van der Waals surface area contributed by atoms with Crippen molar-refractivity contribution in [1.29, 1.82) is 0 Å². The van der Waals surface area contributed by atoms with Crippen LogP contribution in [0.4, 0.5) is 0 Å². The first-order chi connectivity index (χ1) is 16.1. The van der Waals surface area contributed by atoms with E-state index in [1.54, 1.807) is 5.38 Å². The average Bonchev–Trinajstić information content (AvgIpc) is 3.32. The quantitative estimate of drug-likeness (QED) is 0.592. The summed E-state index contributed by atoms with van der Waals surface area (Å²) in [6.07, 6.45) is 2.63. The van der Waals surface area contributed by atoms with Gasteiger partial charge in [0, 0.05) is 29.6 Å². The lowest BCUT2D eigenvalue weighted by Crippen LogP contribution is -2.52. The zero-order valence-electron chi connectivity index (χ0n) is 19.9. The van der Waals surface area contributed by atoms with Gasteiger partial charge in [-0.15, -0.1) is 11.3 Å². The van der Waals surface area contributed by atoms with Crippen LogP contribution in [0.25, 0.3) is 0 Å². The fourth-order valence-corrected chi connectivity index (χ4v) is 5.42. The van der Waals surface area contributed by atoms with Crippen molar-refractivity contribution >= 4 is 35.0 Å². The number of rotatable bonds is 7. The minimum Gasteiger partial charge on any atom is -0.351 e. The van der Waals surface area contributed by atoms with E-state index in [-0.39, 0.29) is 29.6 Å². The molecule has 8 heteroatoms. The Labute approximate surface area is 203 Å². The Kier molecular flexibility index (Phi) is 6.89. The zero-order chi connectivity index (χ0) is 24.5. The number of benzene rings is 1. The standard InChI is InChI=1S/C26H31N3O4S/c1-26(2,3)17-9-7-16(8-10-17)5-4-6-22(30)27-13-21-18-14-29(25(33)19(18)15-34-21)20-11-12-23(31)28-24(20)32/h7-10,15,20H,4-6,11-14H2,1-3H3,(H,27,30)(H,28,31,32). The number of carbonyl (C=O) groups is 4. The van der Waals surface area contributed by atoms with Crippen molar-refractivity contribution in [3.8, 4) is 0 Å². The molecule has 1 unspecified atom stereocenters. The Morgan fingerprint density at radius 3 is 2.59 bits per heavy atom. The molecular formula is C26H31N3O4S. The summed E-state index contributed by atoms with van der Waals surface area (Å²) in [7, 11) is 0. The lowest BCUT2D eigenvalue weighted by molar-refractivity contribution is -0.137. The maximum Gasteiger partial charge on any atom is 0.256 e. The number of amides is 4. The van der Waals surface area contributed by atoms with E-state index in [1.165, 1.54) is 27.4 Å². The van der Waals surface area contributed by atoms with Gasteiger partial charge in [0.05, 0.1) is 12.1 Å². The van der Waals surface area contributed by atoms with Gasteiger partial charge in [-0.05, 0) is 41.4 Å². The van der Waals surface area contributed by atoms with E-state index in [4.69, 9.17) is 0 Å². The average molecular weight is 482 g/mol. The molecule has 3 heterocycles. The molecule has 0 radical (unpaired) electrons. The van der Waals surface area contributed by atoms with Gasteiger partial charge in [-0.3, -0.25) is 24.5 Å². The smallest absolute Gasteiger partial charge is 0.256 e. The lowest BCUT2D eigenvalue weighted by atomic mass is 9.86. The summed E-state index contributed by atoms with van der Waals surface area (Å²) >= 11 is 1.45. The molecule has 34 heavy (non-hydrogen) atoms. The van der Waals surface area contributed by atoms with Crippen molar-refractivity contribution in [1.82, 2.24) is 15.5 Å². The second-order valence-corrected chi connectivity index (χ2v) is 11.0. The first-order valence-electron chi connectivity index (χ1n) is 11.7. The summed E-state index contributed by atoms with van der Waals surface area (Å²) < 4.78 is 0. The molecule has 2 aliphatic heterocycles. The van der Waals surface area contributed by atoms with Crippen LogP contribution in [0.15, 0.2) is 29.6 Å². The maximum absolute atomic E-state index is 12.8. The predicted octanol–water partition coefficient (Wildman–Crippen LogP) is 3.45.